The Balaban J connectivity index is 4.68. The van der Waals surface area contributed by atoms with E-state index in [-0.39, 0.29) is 5.88 Å². The van der Waals surface area contributed by atoms with Crippen LogP contribution >= 0.6 is 11.6 Å². The molecule has 3 nitrogen and oxygen atoms in total. The molecule has 0 radical (unpaired) electrons. The predicted molar refractivity (Wildman–Crippen MR) is 46.3 cm³/mol. The van der Waals surface area contributed by atoms with E-state index in [0.29, 0.717) is 0 Å². The summed E-state index contributed by atoms with van der Waals surface area (Å²) in [6, 6.07) is 0. The van der Waals surface area contributed by atoms with Crippen molar-refractivity contribution >= 4 is 23.4 Å². The molecule has 0 spiro atoms. The summed E-state index contributed by atoms with van der Waals surface area (Å²) >= 11 is 5.28. The highest BCUT2D eigenvalue weighted by Crippen LogP contribution is 2.27. The van der Waals surface area contributed by atoms with Crippen LogP contribution in [0.3, 0.4) is 0 Å². The summed E-state index contributed by atoms with van der Waals surface area (Å²) in [5.74, 6) is -2.78. The molecule has 1 N–H and O–H groups in total. The van der Waals surface area contributed by atoms with Gasteiger partial charge in [-0.15, -0.1) is 11.6 Å². The van der Waals surface area contributed by atoms with Gasteiger partial charge in [0.25, 0.3) is 0 Å². The molecule has 0 bridgehead atoms. The van der Waals surface area contributed by atoms with Gasteiger partial charge in [-0.3, -0.25) is 9.59 Å². The van der Waals surface area contributed by atoms with Crippen molar-refractivity contribution in [3.63, 3.8) is 0 Å². The maximum Gasteiger partial charge on any atom is 0.314 e. The number of aliphatic carboxylic acids is 1. The summed E-state index contributed by atoms with van der Waals surface area (Å²) in [5.41, 5.74) is -0.572. The van der Waals surface area contributed by atoms with Crippen LogP contribution in [0.4, 0.5) is 0 Å². The lowest BCUT2D eigenvalue weighted by Crippen LogP contribution is -2.36. The zero-order valence-corrected chi connectivity index (χ0v) is 8.18. The quantitative estimate of drug-likeness (QED) is 0.545. The zero-order valence-electron chi connectivity index (χ0n) is 7.43. The Kier molecular flexibility index (Phi) is 3.71. The molecule has 0 aromatic carbocycles. The average Bonchev–Trinajstić information content (AvgIpc) is 1.83. The molecule has 1 atom stereocenters. The fraction of sp³-hybridized carbons (Fsp3) is 0.750. The van der Waals surface area contributed by atoms with Gasteiger partial charge in [-0.2, -0.15) is 0 Å². The molecular formula is C8H13ClO3. The molecule has 12 heavy (non-hydrogen) atoms. The first-order chi connectivity index (χ1) is 5.30. The van der Waals surface area contributed by atoms with E-state index in [1.165, 1.54) is 0 Å². The van der Waals surface area contributed by atoms with Gasteiger partial charge < -0.3 is 5.11 Å². The molecule has 0 aliphatic carbocycles. The van der Waals surface area contributed by atoms with Gasteiger partial charge in [-0.05, 0) is 5.41 Å². The van der Waals surface area contributed by atoms with E-state index in [9.17, 15) is 9.59 Å². The fourth-order valence-corrected chi connectivity index (χ4v) is 1.22. The maximum absolute atomic E-state index is 11.1. The van der Waals surface area contributed by atoms with Gasteiger partial charge >= 0.3 is 5.97 Å². The number of alkyl halides is 1. The largest absolute Gasteiger partial charge is 0.481 e. The van der Waals surface area contributed by atoms with Crippen molar-refractivity contribution in [2.75, 3.05) is 5.88 Å². The van der Waals surface area contributed by atoms with Gasteiger partial charge in [0.15, 0.2) is 5.78 Å². The van der Waals surface area contributed by atoms with Gasteiger partial charge in [-0.1, -0.05) is 20.8 Å². The number of carbonyl (C=O) groups is 2. The van der Waals surface area contributed by atoms with E-state index in [2.05, 4.69) is 0 Å². The minimum Gasteiger partial charge on any atom is -0.481 e. The van der Waals surface area contributed by atoms with E-state index in [1.807, 2.05) is 0 Å². The monoisotopic (exact) mass is 192 g/mol. The predicted octanol–water partition coefficient (Wildman–Crippen LogP) is 1.54. The minimum absolute atomic E-state index is 0.242. The van der Waals surface area contributed by atoms with Crippen molar-refractivity contribution in [2.24, 2.45) is 11.3 Å². The van der Waals surface area contributed by atoms with Crippen molar-refractivity contribution in [1.82, 2.24) is 0 Å². The van der Waals surface area contributed by atoms with E-state index in [0.717, 1.165) is 0 Å². The summed E-state index contributed by atoms with van der Waals surface area (Å²) in [6.45, 7) is 5.11. The van der Waals surface area contributed by atoms with Crippen LogP contribution in [-0.2, 0) is 9.59 Å². The fourth-order valence-electron chi connectivity index (χ4n) is 1.07. The van der Waals surface area contributed by atoms with Crippen LogP contribution in [-0.4, -0.2) is 22.7 Å². The van der Waals surface area contributed by atoms with Crippen molar-refractivity contribution in [3.05, 3.63) is 0 Å². The lowest BCUT2D eigenvalue weighted by atomic mass is 9.78. The van der Waals surface area contributed by atoms with Crippen LogP contribution in [0.2, 0.25) is 0 Å². The van der Waals surface area contributed by atoms with Gasteiger partial charge in [0.2, 0.25) is 0 Å². The van der Waals surface area contributed by atoms with E-state index >= 15 is 0 Å². The molecule has 0 aromatic heterocycles. The highest BCUT2D eigenvalue weighted by atomic mass is 35.5. The molecule has 0 rings (SSSR count). The smallest absolute Gasteiger partial charge is 0.314 e. The first kappa shape index (κ1) is 11.4. The van der Waals surface area contributed by atoms with Crippen LogP contribution in [0.5, 0.6) is 0 Å². The Hall–Kier alpha value is -0.570. The molecule has 70 valence electrons. The van der Waals surface area contributed by atoms with Crippen LogP contribution < -0.4 is 0 Å². The lowest BCUT2D eigenvalue weighted by Gasteiger charge is -2.24. The Bertz CT molecular complexity index is 193. The highest BCUT2D eigenvalue weighted by molar-refractivity contribution is 6.29. The number of hydrogen-bond donors (Lipinski definition) is 1. The van der Waals surface area contributed by atoms with Crippen LogP contribution in [0, 0.1) is 11.3 Å². The van der Waals surface area contributed by atoms with E-state index in [4.69, 9.17) is 16.7 Å². The number of rotatable bonds is 3. The van der Waals surface area contributed by atoms with Crippen molar-refractivity contribution in [2.45, 2.75) is 20.8 Å². The summed E-state index contributed by atoms with van der Waals surface area (Å²) in [6.07, 6.45) is 0. The Morgan fingerprint density at radius 3 is 1.92 bits per heavy atom. The Labute approximate surface area is 76.7 Å². The molecule has 0 amide bonds. The van der Waals surface area contributed by atoms with Gasteiger partial charge in [-0.25, -0.2) is 0 Å². The van der Waals surface area contributed by atoms with Crippen LogP contribution in [0.1, 0.15) is 20.8 Å². The molecule has 1 unspecified atom stereocenters. The molecule has 0 heterocycles. The lowest BCUT2D eigenvalue weighted by molar-refractivity contribution is -0.149. The van der Waals surface area contributed by atoms with Gasteiger partial charge in [0.1, 0.15) is 5.92 Å². The van der Waals surface area contributed by atoms with Gasteiger partial charge in [0, 0.05) is 0 Å². The summed E-state index contributed by atoms with van der Waals surface area (Å²) in [4.78, 5) is 21.8. The van der Waals surface area contributed by atoms with Crippen molar-refractivity contribution in [3.8, 4) is 0 Å². The standard InChI is InChI=1S/C8H13ClO3/c1-8(2,3)6(7(11)12)5(10)4-9/h6H,4H2,1-3H3,(H,11,12). The summed E-state index contributed by atoms with van der Waals surface area (Å²) in [7, 11) is 0. The molecule has 0 aromatic rings. The topological polar surface area (TPSA) is 54.4 Å². The van der Waals surface area contributed by atoms with Crippen molar-refractivity contribution in [1.29, 1.82) is 0 Å². The number of ketones is 1. The summed E-state index contributed by atoms with van der Waals surface area (Å²) in [5, 5.41) is 8.73. The number of carbonyl (C=O) groups excluding carboxylic acids is 1. The number of halogens is 1. The van der Waals surface area contributed by atoms with Crippen LogP contribution in [0.15, 0.2) is 0 Å². The zero-order chi connectivity index (χ0) is 9.94. The molecule has 4 heteroatoms. The van der Waals surface area contributed by atoms with Gasteiger partial charge in [0.05, 0.1) is 5.88 Å². The molecule has 0 fully saturated rings. The number of Topliss-reactive ketones (excluding diaryl/α,β-unsaturated/α-hetero) is 1. The van der Waals surface area contributed by atoms with E-state index < -0.39 is 23.1 Å². The molecule has 0 aliphatic heterocycles. The second-order valence-corrected chi connectivity index (χ2v) is 4.00. The third kappa shape index (κ3) is 2.81. The number of hydrogen-bond acceptors (Lipinski definition) is 2. The maximum atomic E-state index is 11.1. The normalized spacial score (nSPS) is 14.0. The number of carboxylic acid groups (broad SMARTS) is 1. The third-order valence-corrected chi connectivity index (χ3v) is 1.83. The average molecular weight is 193 g/mol. The second-order valence-electron chi connectivity index (χ2n) is 3.74. The molecular weight excluding hydrogens is 180 g/mol. The second kappa shape index (κ2) is 3.90. The van der Waals surface area contributed by atoms with Crippen molar-refractivity contribution < 1.29 is 14.7 Å². The first-order valence-electron chi connectivity index (χ1n) is 3.62. The Morgan fingerprint density at radius 1 is 1.42 bits per heavy atom. The highest BCUT2D eigenvalue weighted by Gasteiger charge is 2.36. The Morgan fingerprint density at radius 2 is 1.83 bits per heavy atom. The summed E-state index contributed by atoms with van der Waals surface area (Å²) < 4.78 is 0. The number of carboxylic acids is 1. The SMILES string of the molecule is CC(C)(C)C(C(=O)O)C(=O)CCl. The molecule has 0 aliphatic rings. The van der Waals surface area contributed by atoms with Crippen LogP contribution in [0.25, 0.3) is 0 Å². The third-order valence-electron chi connectivity index (χ3n) is 1.57. The minimum atomic E-state index is -1.10. The first-order valence-corrected chi connectivity index (χ1v) is 4.15. The molecule has 0 saturated heterocycles. The van der Waals surface area contributed by atoms with E-state index in [1.54, 1.807) is 20.8 Å². The molecule has 0 saturated carbocycles.